The van der Waals surface area contributed by atoms with E-state index in [1.54, 1.807) is 18.2 Å². The van der Waals surface area contributed by atoms with E-state index >= 15 is 0 Å². The molecule has 1 fully saturated rings. The number of nitrogens with two attached hydrogens (primary N) is 1. The number of amides is 1. The molecule has 3 nitrogen and oxygen atoms in total. The van der Waals surface area contributed by atoms with Crippen LogP contribution in [-0.4, -0.2) is 23.5 Å². The maximum Gasteiger partial charge on any atom is 0.252 e. The van der Waals surface area contributed by atoms with Crippen LogP contribution in [0.2, 0.25) is 0 Å². The molecule has 0 saturated heterocycles. The third kappa shape index (κ3) is 2.96. The van der Waals surface area contributed by atoms with Gasteiger partial charge in [-0.2, -0.15) is 11.8 Å². The third-order valence-electron chi connectivity index (χ3n) is 3.05. The first-order chi connectivity index (χ1) is 8.06. The first kappa shape index (κ1) is 12.8. The summed E-state index contributed by atoms with van der Waals surface area (Å²) in [6, 6.07) is 5.26. The number of hydrogen-bond acceptors (Lipinski definition) is 3. The molecule has 1 aliphatic carbocycles. The van der Waals surface area contributed by atoms with Crippen LogP contribution < -0.4 is 11.1 Å². The topological polar surface area (TPSA) is 55.1 Å². The van der Waals surface area contributed by atoms with Crippen molar-refractivity contribution in [2.75, 3.05) is 18.5 Å². The van der Waals surface area contributed by atoms with Crippen LogP contribution in [0.1, 0.15) is 23.2 Å². The molecule has 1 aromatic rings. The van der Waals surface area contributed by atoms with E-state index in [9.17, 15) is 4.79 Å². The van der Waals surface area contributed by atoms with Gasteiger partial charge in [0, 0.05) is 21.5 Å². The van der Waals surface area contributed by atoms with E-state index in [1.165, 1.54) is 12.8 Å². The van der Waals surface area contributed by atoms with Crippen LogP contribution in [0.15, 0.2) is 22.7 Å². The molecule has 2 rings (SSSR count). The van der Waals surface area contributed by atoms with Gasteiger partial charge in [0.25, 0.3) is 5.91 Å². The average Bonchev–Trinajstić information content (AvgIpc) is 3.10. The SMILES string of the molecule is CSC1(CNC(=O)c2cc(N)ccc2Br)CC1. The summed E-state index contributed by atoms with van der Waals surface area (Å²) in [5.41, 5.74) is 6.88. The first-order valence-corrected chi connectivity index (χ1v) is 7.46. The first-order valence-electron chi connectivity index (χ1n) is 5.45. The molecule has 0 heterocycles. The molecule has 0 unspecified atom stereocenters. The second-order valence-corrected chi connectivity index (χ2v) is 6.44. The number of anilines is 1. The van der Waals surface area contributed by atoms with Crippen molar-refractivity contribution >= 4 is 39.3 Å². The van der Waals surface area contributed by atoms with Gasteiger partial charge >= 0.3 is 0 Å². The van der Waals surface area contributed by atoms with Crippen LogP contribution in [0.3, 0.4) is 0 Å². The number of rotatable bonds is 4. The monoisotopic (exact) mass is 314 g/mol. The van der Waals surface area contributed by atoms with Gasteiger partial charge in [-0.25, -0.2) is 0 Å². The molecule has 0 aliphatic heterocycles. The van der Waals surface area contributed by atoms with Crippen LogP contribution in [0.25, 0.3) is 0 Å². The van der Waals surface area contributed by atoms with E-state index in [4.69, 9.17) is 5.73 Å². The van der Waals surface area contributed by atoms with Crippen molar-refractivity contribution in [3.8, 4) is 0 Å². The minimum atomic E-state index is -0.0653. The summed E-state index contributed by atoms with van der Waals surface area (Å²) >= 11 is 5.19. The smallest absolute Gasteiger partial charge is 0.252 e. The highest BCUT2D eigenvalue weighted by atomic mass is 79.9. The van der Waals surface area contributed by atoms with E-state index < -0.39 is 0 Å². The summed E-state index contributed by atoms with van der Waals surface area (Å²) in [5.74, 6) is -0.0653. The quantitative estimate of drug-likeness (QED) is 0.840. The summed E-state index contributed by atoms with van der Waals surface area (Å²) in [5, 5.41) is 2.98. The van der Waals surface area contributed by atoms with Crippen molar-refractivity contribution in [1.29, 1.82) is 0 Å². The maximum absolute atomic E-state index is 12.0. The summed E-state index contributed by atoms with van der Waals surface area (Å²) in [7, 11) is 0. The Bertz CT molecular complexity index is 446. The number of nitrogen functional groups attached to an aromatic ring is 1. The molecular weight excluding hydrogens is 300 g/mol. The Kier molecular flexibility index (Phi) is 3.68. The van der Waals surface area contributed by atoms with E-state index in [0.29, 0.717) is 11.3 Å². The van der Waals surface area contributed by atoms with Crippen molar-refractivity contribution in [2.45, 2.75) is 17.6 Å². The number of halogens is 1. The van der Waals surface area contributed by atoms with Gasteiger partial charge in [-0.05, 0) is 53.2 Å². The molecule has 1 saturated carbocycles. The van der Waals surface area contributed by atoms with E-state index in [0.717, 1.165) is 11.0 Å². The van der Waals surface area contributed by atoms with Gasteiger partial charge in [-0.1, -0.05) is 0 Å². The van der Waals surface area contributed by atoms with Crippen molar-refractivity contribution < 1.29 is 4.79 Å². The summed E-state index contributed by atoms with van der Waals surface area (Å²) in [6.07, 6.45) is 4.47. The lowest BCUT2D eigenvalue weighted by Gasteiger charge is -2.13. The largest absolute Gasteiger partial charge is 0.399 e. The zero-order valence-electron chi connectivity index (χ0n) is 9.63. The number of thioether (sulfide) groups is 1. The zero-order valence-corrected chi connectivity index (χ0v) is 12.0. The fraction of sp³-hybridized carbons (Fsp3) is 0.417. The number of carbonyl (C=O) groups excluding carboxylic acids is 1. The molecule has 0 radical (unpaired) electrons. The molecule has 1 aliphatic rings. The molecule has 0 aromatic heterocycles. The van der Waals surface area contributed by atoms with Gasteiger partial charge in [0.05, 0.1) is 5.56 Å². The highest BCUT2D eigenvalue weighted by Gasteiger charge is 2.41. The Balaban J connectivity index is 2.02. The fourth-order valence-corrected chi connectivity index (χ4v) is 2.80. The molecule has 1 aromatic carbocycles. The predicted octanol–water partition coefficient (Wildman–Crippen LogP) is 2.66. The van der Waals surface area contributed by atoms with Gasteiger partial charge in [0.15, 0.2) is 0 Å². The number of nitrogens with one attached hydrogen (secondary N) is 1. The lowest BCUT2D eigenvalue weighted by atomic mass is 10.2. The second kappa shape index (κ2) is 4.90. The van der Waals surface area contributed by atoms with Gasteiger partial charge in [0.1, 0.15) is 0 Å². The van der Waals surface area contributed by atoms with Crippen molar-refractivity contribution in [3.63, 3.8) is 0 Å². The highest BCUT2D eigenvalue weighted by molar-refractivity contribution is 9.10. The normalized spacial score (nSPS) is 16.6. The van der Waals surface area contributed by atoms with Gasteiger partial charge < -0.3 is 11.1 Å². The molecule has 17 heavy (non-hydrogen) atoms. The van der Waals surface area contributed by atoms with E-state index in [-0.39, 0.29) is 10.7 Å². The number of hydrogen-bond donors (Lipinski definition) is 2. The second-order valence-electron chi connectivity index (χ2n) is 4.31. The van der Waals surface area contributed by atoms with Crippen LogP contribution >= 0.6 is 27.7 Å². The van der Waals surface area contributed by atoms with Crippen molar-refractivity contribution in [2.24, 2.45) is 0 Å². The van der Waals surface area contributed by atoms with E-state index in [2.05, 4.69) is 27.5 Å². The van der Waals surface area contributed by atoms with Crippen LogP contribution in [0.5, 0.6) is 0 Å². The Morgan fingerprint density at radius 3 is 2.88 bits per heavy atom. The minimum Gasteiger partial charge on any atom is -0.399 e. The van der Waals surface area contributed by atoms with Crippen LogP contribution in [-0.2, 0) is 0 Å². The van der Waals surface area contributed by atoms with Crippen molar-refractivity contribution in [3.05, 3.63) is 28.2 Å². The van der Waals surface area contributed by atoms with Gasteiger partial charge in [-0.3, -0.25) is 4.79 Å². The number of carbonyl (C=O) groups is 1. The van der Waals surface area contributed by atoms with Crippen molar-refractivity contribution in [1.82, 2.24) is 5.32 Å². The highest BCUT2D eigenvalue weighted by Crippen LogP contribution is 2.46. The number of benzene rings is 1. The zero-order chi connectivity index (χ0) is 12.5. The fourth-order valence-electron chi connectivity index (χ4n) is 1.65. The molecule has 5 heteroatoms. The molecule has 0 atom stereocenters. The molecule has 0 bridgehead atoms. The Labute approximate surface area is 114 Å². The minimum absolute atomic E-state index is 0.0653. The van der Waals surface area contributed by atoms with E-state index in [1.807, 2.05) is 11.8 Å². The molecule has 0 spiro atoms. The average molecular weight is 315 g/mol. The Morgan fingerprint density at radius 2 is 2.29 bits per heavy atom. The third-order valence-corrected chi connectivity index (χ3v) is 5.16. The maximum atomic E-state index is 12.0. The van der Waals surface area contributed by atoms with Gasteiger partial charge in [0.2, 0.25) is 0 Å². The Morgan fingerprint density at radius 1 is 1.59 bits per heavy atom. The van der Waals surface area contributed by atoms with Gasteiger partial charge in [-0.15, -0.1) is 0 Å². The van der Waals surface area contributed by atoms with Crippen LogP contribution in [0.4, 0.5) is 5.69 Å². The lowest BCUT2D eigenvalue weighted by molar-refractivity contribution is 0.0952. The molecule has 3 N–H and O–H groups in total. The lowest BCUT2D eigenvalue weighted by Crippen LogP contribution is -2.31. The summed E-state index contributed by atoms with van der Waals surface area (Å²) < 4.78 is 1.06. The molecule has 1 amide bonds. The predicted molar refractivity (Wildman–Crippen MR) is 76.4 cm³/mol. The molecule has 92 valence electrons. The standard InChI is InChI=1S/C12H15BrN2OS/c1-17-12(4-5-12)7-15-11(16)9-6-8(14)2-3-10(9)13/h2-3,6H,4-5,7,14H2,1H3,(H,15,16). The summed E-state index contributed by atoms with van der Waals surface area (Å²) in [4.78, 5) is 12.0. The van der Waals surface area contributed by atoms with Crippen LogP contribution in [0, 0.1) is 0 Å². The molecular formula is C12H15BrN2OS. The Hall–Kier alpha value is -0.680. The summed E-state index contributed by atoms with van der Waals surface area (Å²) in [6.45, 7) is 0.730.